The molecular formula is C12H15N3O3S. The van der Waals surface area contributed by atoms with Crippen LogP contribution < -0.4 is 16.2 Å². The van der Waals surface area contributed by atoms with Gasteiger partial charge in [0.05, 0.1) is 7.11 Å². The maximum Gasteiger partial charge on any atom is 0.425 e. The average Bonchev–Trinajstić information content (AvgIpc) is 2.43. The smallest absolute Gasteiger partial charge is 0.425 e. The van der Waals surface area contributed by atoms with Crippen molar-refractivity contribution >= 4 is 29.3 Å². The van der Waals surface area contributed by atoms with Crippen LogP contribution in [0, 0.1) is 0 Å². The summed E-state index contributed by atoms with van der Waals surface area (Å²) in [6.07, 6.45) is 0.241. The standard InChI is InChI=1S/C12H15N3O3S/c1-18-12(17)15-14-11(19)13-10(16)8-7-9-5-3-2-4-6-9/h2-6H,7-8H2,1H3,(H,15,17)(H2,13,14,16,19). The first-order chi connectivity index (χ1) is 9.11. The van der Waals surface area contributed by atoms with E-state index in [1.54, 1.807) is 0 Å². The highest BCUT2D eigenvalue weighted by Gasteiger charge is 2.05. The lowest BCUT2D eigenvalue weighted by atomic mass is 10.1. The number of carbonyl (C=O) groups excluding carboxylic acids is 2. The SMILES string of the molecule is COC(=O)NNC(=S)NC(=O)CCc1ccccc1. The summed E-state index contributed by atoms with van der Waals surface area (Å²) in [5.41, 5.74) is 5.55. The zero-order valence-electron chi connectivity index (χ0n) is 10.4. The van der Waals surface area contributed by atoms with Gasteiger partial charge in [0, 0.05) is 6.42 Å². The minimum atomic E-state index is -0.694. The molecule has 1 rings (SSSR count). The van der Waals surface area contributed by atoms with Gasteiger partial charge in [-0.2, -0.15) is 0 Å². The van der Waals surface area contributed by atoms with Crippen molar-refractivity contribution < 1.29 is 14.3 Å². The number of carbonyl (C=O) groups is 2. The van der Waals surface area contributed by atoms with E-state index in [-0.39, 0.29) is 11.0 Å². The third kappa shape index (κ3) is 6.37. The van der Waals surface area contributed by atoms with Crippen molar-refractivity contribution in [1.29, 1.82) is 0 Å². The summed E-state index contributed by atoms with van der Waals surface area (Å²) in [6.45, 7) is 0. The molecule has 0 spiro atoms. The minimum Gasteiger partial charge on any atom is -0.452 e. The molecule has 0 atom stereocenters. The highest BCUT2D eigenvalue weighted by Crippen LogP contribution is 2.01. The predicted molar refractivity (Wildman–Crippen MR) is 74.2 cm³/mol. The lowest BCUT2D eigenvalue weighted by Gasteiger charge is -2.09. The summed E-state index contributed by atoms with van der Waals surface area (Å²) in [7, 11) is 1.22. The molecule has 0 radical (unpaired) electrons. The van der Waals surface area contributed by atoms with Crippen LogP contribution in [0.5, 0.6) is 0 Å². The van der Waals surface area contributed by atoms with E-state index in [1.165, 1.54) is 7.11 Å². The first kappa shape index (κ1) is 14.9. The van der Waals surface area contributed by atoms with E-state index >= 15 is 0 Å². The number of nitrogens with one attached hydrogen (secondary N) is 3. The Kier molecular flexibility index (Phi) is 6.31. The van der Waals surface area contributed by atoms with Crippen molar-refractivity contribution in [3.8, 4) is 0 Å². The van der Waals surface area contributed by atoms with Gasteiger partial charge >= 0.3 is 6.09 Å². The fourth-order valence-corrected chi connectivity index (χ4v) is 1.45. The molecule has 0 aliphatic heterocycles. The molecule has 0 fully saturated rings. The number of rotatable bonds is 3. The van der Waals surface area contributed by atoms with E-state index in [2.05, 4.69) is 20.9 Å². The molecule has 0 heterocycles. The van der Waals surface area contributed by atoms with E-state index in [4.69, 9.17) is 12.2 Å². The monoisotopic (exact) mass is 281 g/mol. The van der Waals surface area contributed by atoms with E-state index in [0.29, 0.717) is 12.8 Å². The van der Waals surface area contributed by atoms with Crippen molar-refractivity contribution in [1.82, 2.24) is 16.2 Å². The number of hydrazine groups is 1. The zero-order valence-corrected chi connectivity index (χ0v) is 11.3. The quantitative estimate of drug-likeness (QED) is 0.566. The summed E-state index contributed by atoms with van der Waals surface area (Å²) in [5, 5.41) is 2.46. The molecule has 0 saturated heterocycles. The normalized spacial score (nSPS) is 9.32. The van der Waals surface area contributed by atoms with Crippen LogP contribution in [0.2, 0.25) is 0 Å². The first-order valence-corrected chi connectivity index (χ1v) is 6.00. The first-order valence-electron chi connectivity index (χ1n) is 5.59. The number of ether oxygens (including phenoxy) is 1. The summed E-state index contributed by atoms with van der Waals surface area (Å²) in [6, 6.07) is 9.64. The Morgan fingerprint density at radius 3 is 2.53 bits per heavy atom. The molecule has 0 aliphatic rings. The van der Waals surface area contributed by atoms with Gasteiger partial charge in [-0.25, -0.2) is 10.2 Å². The molecule has 19 heavy (non-hydrogen) atoms. The van der Waals surface area contributed by atoms with Gasteiger partial charge in [-0.15, -0.1) is 0 Å². The lowest BCUT2D eigenvalue weighted by Crippen LogP contribution is -2.48. The molecule has 1 aromatic rings. The fraction of sp³-hybridized carbons (Fsp3) is 0.250. The maximum atomic E-state index is 11.6. The van der Waals surface area contributed by atoms with Crippen LogP contribution in [0.15, 0.2) is 30.3 Å². The van der Waals surface area contributed by atoms with E-state index in [0.717, 1.165) is 5.56 Å². The Bertz CT molecular complexity index is 451. The molecule has 0 saturated carbocycles. The molecule has 3 N–H and O–H groups in total. The highest BCUT2D eigenvalue weighted by atomic mass is 32.1. The number of thiocarbonyl (C=S) groups is 1. The topological polar surface area (TPSA) is 79.5 Å². The van der Waals surface area contributed by atoms with Crippen molar-refractivity contribution in [2.75, 3.05) is 7.11 Å². The van der Waals surface area contributed by atoms with Crippen LogP contribution in [-0.4, -0.2) is 24.2 Å². The molecule has 2 amide bonds. The van der Waals surface area contributed by atoms with Crippen LogP contribution in [0.4, 0.5) is 4.79 Å². The number of methoxy groups -OCH3 is 1. The number of hydrogen-bond donors (Lipinski definition) is 3. The van der Waals surface area contributed by atoms with Gasteiger partial charge < -0.3 is 10.1 Å². The summed E-state index contributed by atoms with van der Waals surface area (Å²) in [5.74, 6) is -0.229. The molecular weight excluding hydrogens is 266 g/mol. The maximum absolute atomic E-state index is 11.6. The Morgan fingerprint density at radius 2 is 1.89 bits per heavy atom. The summed E-state index contributed by atoms with van der Waals surface area (Å²) < 4.78 is 4.33. The number of amides is 2. The van der Waals surface area contributed by atoms with Gasteiger partial charge in [0.15, 0.2) is 5.11 Å². The van der Waals surface area contributed by atoms with Gasteiger partial charge in [0.1, 0.15) is 0 Å². The molecule has 0 unspecified atom stereocenters. The second kappa shape index (κ2) is 8.04. The van der Waals surface area contributed by atoms with E-state index in [9.17, 15) is 9.59 Å². The molecule has 0 aromatic heterocycles. The molecule has 6 nitrogen and oxygen atoms in total. The Labute approximate surface area is 116 Å². The Hall–Kier alpha value is -2.15. The van der Waals surface area contributed by atoms with Gasteiger partial charge in [0.25, 0.3) is 0 Å². The molecule has 1 aromatic carbocycles. The molecule has 102 valence electrons. The van der Waals surface area contributed by atoms with E-state index < -0.39 is 6.09 Å². The van der Waals surface area contributed by atoms with Gasteiger partial charge in [-0.3, -0.25) is 10.2 Å². The predicted octanol–water partition coefficient (Wildman–Crippen LogP) is 0.881. The Morgan fingerprint density at radius 1 is 1.21 bits per heavy atom. The van der Waals surface area contributed by atoms with Crippen molar-refractivity contribution in [2.24, 2.45) is 0 Å². The molecule has 7 heteroatoms. The van der Waals surface area contributed by atoms with Crippen LogP contribution in [-0.2, 0) is 16.0 Å². The second-order valence-electron chi connectivity index (χ2n) is 3.60. The Balaban J connectivity index is 2.24. The third-order valence-electron chi connectivity index (χ3n) is 2.20. The number of aryl methyl sites for hydroxylation is 1. The van der Waals surface area contributed by atoms with Crippen LogP contribution in [0.1, 0.15) is 12.0 Å². The van der Waals surface area contributed by atoms with Crippen molar-refractivity contribution in [2.45, 2.75) is 12.8 Å². The van der Waals surface area contributed by atoms with Crippen molar-refractivity contribution in [3.05, 3.63) is 35.9 Å². The summed E-state index contributed by atoms with van der Waals surface area (Å²) in [4.78, 5) is 22.3. The van der Waals surface area contributed by atoms with Crippen LogP contribution in [0.25, 0.3) is 0 Å². The third-order valence-corrected chi connectivity index (χ3v) is 2.40. The number of benzene rings is 1. The van der Waals surface area contributed by atoms with Gasteiger partial charge in [-0.1, -0.05) is 30.3 Å². The van der Waals surface area contributed by atoms with Gasteiger partial charge in [-0.05, 0) is 24.2 Å². The average molecular weight is 281 g/mol. The fourth-order valence-electron chi connectivity index (χ4n) is 1.28. The minimum absolute atomic E-state index is 0.0171. The largest absolute Gasteiger partial charge is 0.452 e. The van der Waals surface area contributed by atoms with E-state index in [1.807, 2.05) is 30.3 Å². The highest BCUT2D eigenvalue weighted by molar-refractivity contribution is 7.80. The van der Waals surface area contributed by atoms with Gasteiger partial charge in [0.2, 0.25) is 5.91 Å². The molecule has 0 aliphatic carbocycles. The zero-order chi connectivity index (χ0) is 14.1. The van der Waals surface area contributed by atoms with Crippen molar-refractivity contribution in [3.63, 3.8) is 0 Å². The van der Waals surface area contributed by atoms with Crippen LogP contribution in [0.3, 0.4) is 0 Å². The molecule has 0 bridgehead atoms. The number of hydrogen-bond acceptors (Lipinski definition) is 4. The van der Waals surface area contributed by atoms with Crippen LogP contribution >= 0.6 is 12.2 Å². The summed E-state index contributed by atoms with van der Waals surface area (Å²) >= 11 is 4.81. The second-order valence-corrected chi connectivity index (χ2v) is 4.01. The lowest BCUT2D eigenvalue weighted by molar-refractivity contribution is -0.119.